The minimum absolute atomic E-state index is 0.00708. The van der Waals surface area contributed by atoms with E-state index < -0.39 is 0 Å². The van der Waals surface area contributed by atoms with E-state index in [1.165, 1.54) is 30.6 Å². The fraction of sp³-hybridized carbons (Fsp3) is 0.478. The zero-order valence-corrected chi connectivity index (χ0v) is 18.4. The van der Waals surface area contributed by atoms with Crippen molar-refractivity contribution in [1.82, 2.24) is 4.90 Å². The van der Waals surface area contributed by atoms with Crippen LogP contribution < -0.4 is 10.2 Å². The van der Waals surface area contributed by atoms with Gasteiger partial charge in [-0.1, -0.05) is 32.3 Å². The van der Waals surface area contributed by atoms with Crippen LogP contribution in [0.3, 0.4) is 0 Å². The number of hydrogen-bond donors (Lipinski definition) is 1. The monoisotopic (exact) mass is 413 g/mol. The van der Waals surface area contributed by atoms with E-state index in [1.54, 1.807) is 0 Å². The van der Waals surface area contributed by atoms with Gasteiger partial charge in [-0.2, -0.15) is 0 Å². The molecule has 0 radical (unpaired) electrons. The molecule has 0 atom stereocenters. The molecular formula is C23H31N3O2S. The van der Waals surface area contributed by atoms with Gasteiger partial charge >= 0.3 is 0 Å². The minimum atomic E-state index is -0.00708. The van der Waals surface area contributed by atoms with Gasteiger partial charge in [-0.25, -0.2) is 0 Å². The summed E-state index contributed by atoms with van der Waals surface area (Å²) in [4.78, 5) is 30.1. The second kappa shape index (κ2) is 9.92. The zero-order chi connectivity index (χ0) is 20.8. The topological polar surface area (TPSA) is 52.7 Å². The van der Waals surface area contributed by atoms with Crippen LogP contribution in [-0.4, -0.2) is 36.9 Å². The molecule has 1 aromatic carbocycles. The molecule has 0 saturated heterocycles. The van der Waals surface area contributed by atoms with Gasteiger partial charge in [0.05, 0.1) is 4.88 Å². The number of anilines is 2. The first-order valence-corrected chi connectivity index (χ1v) is 11.3. The number of thiophene rings is 1. The van der Waals surface area contributed by atoms with Crippen LogP contribution in [0.25, 0.3) is 0 Å². The molecule has 29 heavy (non-hydrogen) atoms. The second-order valence-electron chi connectivity index (χ2n) is 7.84. The highest BCUT2D eigenvalue weighted by Crippen LogP contribution is 2.30. The van der Waals surface area contributed by atoms with Gasteiger partial charge in [0, 0.05) is 44.5 Å². The Balaban J connectivity index is 1.93. The van der Waals surface area contributed by atoms with Crippen molar-refractivity contribution >= 4 is 34.5 Å². The number of rotatable bonds is 7. The van der Waals surface area contributed by atoms with E-state index in [0.29, 0.717) is 13.0 Å². The van der Waals surface area contributed by atoms with Crippen molar-refractivity contribution < 1.29 is 9.59 Å². The molecule has 156 valence electrons. The summed E-state index contributed by atoms with van der Waals surface area (Å²) in [5, 5.41) is 4.91. The molecule has 0 spiro atoms. The van der Waals surface area contributed by atoms with Crippen molar-refractivity contribution in [3.05, 3.63) is 46.2 Å². The molecule has 1 fully saturated rings. The predicted molar refractivity (Wildman–Crippen MR) is 121 cm³/mol. The van der Waals surface area contributed by atoms with E-state index in [0.717, 1.165) is 34.7 Å². The lowest BCUT2D eigenvalue weighted by atomic mass is 9.93. The van der Waals surface area contributed by atoms with Crippen LogP contribution in [0.15, 0.2) is 35.7 Å². The van der Waals surface area contributed by atoms with Crippen molar-refractivity contribution in [2.45, 2.75) is 58.0 Å². The number of hydrogen-bond acceptors (Lipinski definition) is 4. The molecule has 0 unspecified atom stereocenters. The maximum absolute atomic E-state index is 13.4. The van der Waals surface area contributed by atoms with E-state index in [9.17, 15) is 9.59 Å². The summed E-state index contributed by atoms with van der Waals surface area (Å²) in [6.07, 6.45) is 6.15. The van der Waals surface area contributed by atoms with Gasteiger partial charge in [-0.3, -0.25) is 9.59 Å². The summed E-state index contributed by atoms with van der Waals surface area (Å²) < 4.78 is 0. The van der Waals surface area contributed by atoms with Crippen molar-refractivity contribution in [1.29, 1.82) is 0 Å². The summed E-state index contributed by atoms with van der Waals surface area (Å²) >= 11 is 1.50. The second-order valence-corrected chi connectivity index (χ2v) is 8.79. The van der Waals surface area contributed by atoms with Gasteiger partial charge in [0.15, 0.2) is 0 Å². The Bertz CT molecular complexity index is 827. The van der Waals surface area contributed by atoms with Crippen molar-refractivity contribution in [3.63, 3.8) is 0 Å². The molecule has 5 nitrogen and oxygen atoms in total. The molecule has 3 rings (SSSR count). The lowest BCUT2D eigenvalue weighted by Gasteiger charge is -2.35. The van der Waals surface area contributed by atoms with E-state index in [1.807, 2.05) is 56.7 Å². The third-order valence-corrected chi connectivity index (χ3v) is 6.37. The molecule has 6 heteroatoms. The van der Waals surface area contributed by atoms with Crippen molar-refractivity contribution in [2.75, 3.05) is 24.3 Å². The van der Waals surface area contributed by atoms with Crippen molar-refractivity contribution in [3.8, 4) is 0 Å². The maximum atomic E-state index is 13.4. The SMILES string of the molecule is CCC(=O)Nc1ccc(N(C)C)c(CN(C(=O)c2cccs2)C2CCCCC2)c1. The molecular weight excluding hydrogens is 382 g/mol. The van der Waals surface area contributed by atoms with E-state index in [4.69, 9.17) is 0 Å². The van der Waals surface area contributed by atoms with Crippen LogP contribution in [0.4, 0.5) is 11.4 Å². The first-order valence-electron chi connectivity index (χ1n) is 10.4. The first-order chi connectivity index (χ1) is 14.0. The predicted octanol–water partition coefficient (Wildman–Crippen LogP) is 5.14. The van der Waals surface area contributed by atoms with Gasteiger partial charge in [-0.05, 0) is 48.1 Å². The summed E-state index contributed by atoms with van der Waals surface area (Å²) in [5.74, 6) is 0.104. The highest BCUT2D eigenvalue weighted by Gasteiger charge is 2.28. The maximum Gasteiger partial charge on any atom is 0.264 e. The highest BCUT2D eigenvalue weighted by atomic mass is 32.1. The Morgan fingerprint density at radius 3 is 2.52 bits per heavy atom. The average Bonchev–Trinajstić information content (AvgIpc) is 3.27. The highest BCUT2D eigenvalue weighted by molar-refractivity contribution is 7.12. The number of nitrogens with zero attached hydrogens (tertiary/aromatic N) is 2. The molecule has 1 heterocycles. The number of amides is 2. The number of benzene rings is 1. The van der Waals surface area contributed by atoms with Crippen LogP contribution in [-0.2, 0) is 11.3 Å². The van der Waals surface area contributed by atoms with Crippen LogP contribution in [0.1, 0.15) is 60.7 Å². The Kier molecular flexibility index (Phi) is 7.31. The Hall–Kier alpha value is -2.34. The van der Waals surface area contributed by atoms with Gasteiger partial charge in [0.1, 0.15) is 0 Å². The van der Waals surface area contributed by atoms with Crippen LogP contribution in [0, 0.1) is 0 Å². The third-order valence-electron chi connectivity index (χ3n) is 5.52. The minimum Gasteiger partial charge on any atom is -0.377 e. The zero-order valence-electron chi connectivity index (χ0n) is 17.6. The molecule has 1 N–H and O–H groups in total. The normalized spacial score (nSPS) is 14.4. The van der Waals surface area contributed by atoms with Gasteiger partial charge in [-0.15, -0.1) is 11.3 Å². The molecule has 1 aromatic heterocycles. The molecule has 1 aliphatic carbocycles. The molecule has 2 aromatic rings. The first kappa shape index (κ1) is 21.4. The van der Waals surface area contributed by atoms with Gasteiger partial charge in [0.25, 0.3) is 5.91 Å². The summed E-state index contributed by atoms with van der Waals surface area (Å²) in [7, 11) is 4.02. The smallest absolute Gasteiger partial charge is 0.264 e. The van der Waals surface area contributed by atoms with Crippen molar-refractivity contribution in [2.24, 2.45) is 0 Å². The number of carbonyl (C=O) groups is 2. The molecule has 0 bridgehead atoms. The molecule has 2 amide bonds. The van der Waals surface area contributed by atoms with Crippen LogP contribution >= 0.6 is 11.3 Å². The summed E-state index contributed by atoms with van der Waals surface area (Å²) in [5.41, 5.74) is 2.91. The molecule has 0 aliphatic heterocycles. The average molecular weight is 414 g/mol. The fourth-order valence-corrected chi connectivity index (χ4v) is 4.64. The Labute approximate surface area is 177 Å². The summed E-state index contributed by atoms with van der Waals surface area (Å²) in [6.45, 7) is 2.39. The number of carbonyl (C=O) groups excluding carboxylic acids is 2. The number of nitrogens with one attached hydrogen (secondary N) is 1. The quantitative estimate of drug-likeness (QED) is 0.684. The van der Waals surface area contributed by atoms with E-state index >= 15 is 0 Å². The third kappa shape index (κ3) is 5.38. The van der Waals surface area contributed by atoms with E-state index in [2.05, 4.69) is 15.1 Å². The Morgan fingerprint density at radius 1 is 1.14 bits per heavy atom. The largest absolute Gasteiger partial charge is 0.377 e. The fourth-order valence-electron chi connectivity index (χ4n) is 3.96. The summed E-state index contributed by atoms with van der Waals surface area (Å²) in [6, 6.07) is 10.1. The molecule has 1 aliphatic rings. The van der Waals surface area contributed by atoms with Crippen LogP contribution in [0.5, 0.6) is 0 Å². The van der Waals surface area contributed by atoms with Gasteiger partial charge < -0.3 is 15.1 Å². The lowest BCUT2D eigenvalue weighted by Crippen LogP contribution is -2.41. The van der Waals surface area contributed by atoms with Gasteiger partial charge in [0.2, 0.25) is 5.91 Å². The standard InChI is InChI=1S/C23H31N3O2S/c1-4-22(27)24-18-12-13-20(25(2)3)17(15-18)16-26(19-9-6-5-7-10-19)23(28)21-11-8-14-29-21/h8,11-15,19H,4-7,9-10,16H2,1-3H3,(H,24,27). The Morgan fingerprint density at radius 2 is 1.90 bits per heavy atom. The molecule has 1 saturated carbocycles. The lowest BCUT2D eigenvalue weighted by molar-refractivity contribution is -0.115. The van der Waals surface area contributed by atoms with Crippen LogP contribution in [0.2, 0.25) is 0 Å². The van der Waals surface area contributed by atoms with E-state index in [-0.39, 0.29) is 17.9 Å².